The molecule has 2 rings (SSSR count). The fourth-order valence-corrected chi connectivity index (χ4v) is 2.53. The number of nitrogens with zero attached hydrogens (tertiary/aromatic N) is 3. The summed E-state index contributed by atoms with van der Waals surface area (Å²) in [5, 5.41) is 9.51. The number of aromatic nitrogens is 2. The lowest BCUT2D eigenvalue weighted by molar-refractivity contribution is -0.141. The maximum absolute atomic E-state index is 12.5. The summed E-state index contributed by atoms with van der Waals surface area (Å²) < 4.78 is 37.5. The van der Waals surface area contributed by atoms with Crippen LogP contribution in [0.15, 0.2) is 24.3 Å². The number of anilines is 2. The third kappa shape index (κ3) is 4.68. The Morgan fingerprint density at radius 1 is 1.12 bits per heavy atom. The van der Waals surface area contributed by atoms with Crippen LogP contribution in [0.2, 0.25) is 0 Å². The molecule has 1 aromatic heterocycles. The van der Waals surface area contributed by atoms with Gasteiger partial charge in [0.1, 0.15) is 0 Å². The van der Waals surface area contributed by atoms with Crippen molar-refractivity contribution in [2.45, 2.75) is 26.9 Å². The number of carbonyl (C=O) groups is 1. The van der Waals surface area contributed by atoms with Gasteiger partial charge < -0.3 is 10.2 Å². The number of rotatable bonds is 4. The number of alkyl halides is 3. The molecular weight excluding hydrogens is 333 g/mol. The zero-order valence-corrected chi connectivity index (χ0v) is 14.4. The summed E-state index contributed by atoms with van der Waals surface area (Å²) in [5.41, 5.74) is 2.67. The number of aryl methyl sites for hydroxylation is 3. The predicted octanol–water partition coefficient (Wildman–Crippen LogP) is 3.50. The summed E-state index contributed by atoms with van der Waals surface area (Å²) in [6.07, 6.45) is -4.54. The van der Waals surface area contributed by atoms with Gasteiger partial charge in [0.25, 0.3) is 0 Å². The number of carbonyl (C=O) groups excluding carboxylic acids is 1. The first-order valence-corrected chi connectivity index (χ1v) is 7.57. The van der Waals surface area contributed by atoms with Gasteiger partial charge in [0, 0.05) is 12.7 Å². The van der Waals surface area contributed by atoms with E-state index in [4.69, 9.17) is 0 Å². The molecule has 0 aliphatic carbocycles. The molecule has 25 heavy (non-hydrogen) atoms. The minimum Gasteiger partial charge on any atom is -0.349 e. The van der Waals surface area contributed by atoms with Crippen molar-refractivity contribution in [3.05, 3.63) is 46.6 Å². The molecule has 0 aliphatic rings. The van der Waals surface area contributed by atoms with Gasteiger partial charge >= 0.3 is 6.18 Å². The average Bonchev–Trinajstić information content (AvgIpc) is 2.50. The molecule has 2 aromatic rings. The van der Waals surface area contributed by atoms with Gasteiger partial charge in [-0.1, -0.05) is 17.7 Å². The number of benzene rings is 1. The second-order valence-corrected chi connectivity index (χ2v) is 5.95. The lowest BCUT2D eigenvalue weighted by atomic mass is 10.1. The van der Waals surface area contributed by atoms with Gasteiger partial charge in [-0.3, -0.25) is 4.79 Å². The molecule has 0 saturated carbocycles. The SMILES string of the molecule is Cc1cc(C)c(NC(=O)CN(C)c2ccc(C(F)(F)F)nn2)c(C)c1. The van der Waals surface area contributed by atoms with Crippen molar-refractivity contribution in [3.8, 4) is 0 Å². The van der Waals surface area contributed by atoms with Crippen molar-refractivity contribution >= 4 is 17.4 Å². The highest BCUT2D eigenvalue weighted by atomic mass is 19.4. The van der Waals surface area contributed by atoms with Crippen LogP contribution in [0, 0.1) is 20.8 Å². The average molecular weight is 352 g/mol. The van der Waals surface area contributed by atoms with Crippen molar-refractivity contribution in [3.63, 3.8) is 0 Å². The zero-order chi connectivity index (χ0) is 18.8. The molecular formula is C17H19F3N4O. The summed E-state index contributed by atoms with van der Waals surface area (Å²) >= 11 is 0. The molecule has 0 fully saturated rings. The van der Waals surface area contributed by atoms with E-state index >= 15 is 0 Å². The third-order valence-electron chi connectivity index (χ3n) is 3.65. The first-order valence-electron chi connectivity index (χ1n) is 7.57. The fraction of sp³-hybridized carbons (Fsp3) is 0.353. The standard InChI is InChI=1S/C17H19F3N4O/c1-10-7-11(2)16(12(3)8-10)21-15(25)9-24(4)14-6-5-13(22-23-14)17(18,19)20/h5-8H,9H2,1-4H3,(H,21,25). The van der Waals surface area contributed by atoms with Crippen molar-refractivity contribution in [1.29, 1.82) is 0 Å². The monoisotopic (exact) mass is 352 g/mol. The van der Waals surface area contributed by atoms with Crippen LogP contribution in [0.1, 0.15) is 22.4 Å². The van der Waals surface area contributed by atoms with Crippen LogP contribution < -0.4 is 10.2 Å². The number of amides is 1. The maximum Gasteiger partial charge on any atom is 0.435 e. The Morgan fingerprint density at radius 3 is 2.20 bits per heavy atom. The lowest BCUT2D eigenvalue weighted by Crippen LogP contribution is -2.31. The summed E-state index contributed by atoms with van der Waals surface area (Å²) in [6.45, 7) is 5.72. The fourth-order valence-electron chi connectivity index (χ4n) is 2.53. The Bertz CT molecular complexity index is 749. The van der Waals surface area contributed by atoms with Gasteiger partial charge in [0.05, 0.1) is 6.54 Å². The smallest absolute Gasteiger partial charge is 0.349 e. The molecule has 0 atom stereocenters. The first kappa shape index (κ1) is 18.7. The number of likely N-dealkylation sites (N-methyl/N-ethyl adjacent to an activating group) is 1. The number of hydrogen-bond donors (Lipinski definition) is 1. The van der Waals surface area contributed by atoms with E-state index in [0.29, 0.717) is 0 Å². The Balaban J connectivity index is 2.05. The lowest BCUT2D eigenvalue weighted by Gasteiger charge is -2.19. The van der Waals surface area contributed by atoms with E-state index in [1.54, 1.807) is 7.05 Å². The van der Waals surface area contributed by atoms with Crippen molar-refractivity contribution in [1.82, 2.24) is 10.2 Å². The second kappa shape index (κ2) is 7.08. The van der Waals surface area contributed by atoms with Crippen LogP contribution >= 0.6 is 0 Å². The van der Waals surface area contributed by atoms with Crippen LogP contribution in [0.3, 0.4) is 0 Å². The second-order valence-electron chi connectivity index (χ2n) is 5.95. The number of halogens is 3. The summed E-state index contributed by atoms with van der Waals surface area (Å²) in [6, 6.07) is 5.96. The van der Waals surface area contributed by atoms with Gasteiger partial charge in [-0.05, 0) is 44.0 Å². The molecule has 8 heteroatoms. The Morgan fingerprint density at radius 2 is 1.72 bits per heavy atom. The van der Waals surface area contributed by atoms with E-state index in [0.717, 1.165) is 28.4 Å². The van der Waals surface area contributed by atoms with Gasteiger partial charge in [-0.25, -0.2) is 0 Å². The third-order valence-corrected chi connectivity index (χ3v) is 3.65. The summed E-state index contributed by atoms with van der Waals surface area (Å²) in [5.74, 6) is -0.111. The van der Waals surface area contributed by atoms with Crippen molar-refractivity contribution < 1.29 is 18.0 Å². The topological polar surface area (TPSA) is 58.1 Å². The first-order chi connectivity index (χ1) is 11.6. The molecule has 134 valence electrons. The zero-order valence-electron chi connectivity index (χ0n) is 14.4. The van der Waals surface area contributed by atoms with E-state index < -0.39 is 11.9 Å². The summed E-state index contributed by atoms with van der Waals surface area (Å²) in [4.78, 5) is 13.7. The maximum atomic E-state index is 12.5. The molecule has 0 unspecified atom stereocenters. The van der Waals surface area contributed by atoms with Crippen molar-refractivity contribution in [2.75, 3.05) is 23.8 Å². The minimum absolute atomic E-state index is 0.0627. The highest BCUT2D eigenvalue weighted by molar-refractivity contribution is 5.95. The molecule has 0 aliphatic heterocycles. The Hall–Kier alpha value is -2.64. The van der Waals surface area contributed by atoms with E-state index in [1.807, 2.05) is 32.9 Å². The van der Waals surface area contributed by atoms with Gasteiger partial charge in [0.15, 0.2) is 11.5 Å². The predicted molar refractivity (Wildman–Crippen MR) is 89.6 cm³/mol. The Labute approximate surface area is 143 Å². The highest BCUT2D eigenvalue weighted by Gasteiger charge is 2.33. The van der Waals surface area contributed by atoms with Crippen molar-refractivity contribution in [2.24, 2.45) is 0 Å². The molecule has 0 spiro atoms. The van der Waals surface area contributed by atoms with Gasteiger partial charge in [0.2, 0.25) is 5.91 Å². The molecule has 0 radical (unpaired) electrons. The molecule has 1 heterocycles. The van der Waals surface area contributed by atoms with Crippen LogP contribution in [0.5, 0.6) is 0 Å². The van der Waals surface area contributed by atoms with Gasteiger partial charge in [-0.15, -0.1) is 10.2 Å². The number of hydrogen-bond acceptors (Lipinski definition) is 4. The molecule has 1 aromatic carbocycles. The summed E-state index contributed by atoms with van der Waals surface area (Å²) in [7, 11) is 1.56. The van der Waals surface area contributed by atoms with E-state index in [1.165, 1.54) is 11.0 Å². The van der Waals surface area contributed by atoms with E-state index in [2.05, 4.69) is 15.5 Å². The molecule has 5 nitrogen and oxygen atoms in total. The molecule has 0 saturated heterocycles. The quantitative estimate of drug-likeness (QED) is 0.915. The van der Waals surface area contributed by atoms with Crippen LogP contribution in [0.25, 0.3) is 0 Å². The van der Waals surface area contributed by atoms with Gasteiger partial charge in [-0.2, -0.15) is 13.2 Å². The Kier molecular flexibility index (Phi) is 5.30. The minimum atomic E-state index is -4.54. The largest absolute Gasteiger partial charge is 0.435 e. The van der Waals surface area contributed by atoms with Crippen LogP contribution in [0.4, 0.5) is 24.7 Å². The number of nitrogens with one attached hydrogen (secondary N) is 1. The van der Waals surface area contributed by atoms with Crippen LogP contribution in [-0.2, 0) is 11.0 Å². The molecule has 0 bridgehead atoms. The highest BCUT2D eigenvalue weighted by Crippen LogP contribution is 2.27. The molecule has 1 amide bonds. The molecule has 1 N–H and O–H groups in total. The van der Waals surface area contributed by atoms with E-state index in [-0.39, 0.29) is 18.3 Å². The van der Waals surface area contributed by atoms with E-state index in [9.17, 15) is 18.0 Å². The van der Waals surface area contributed by atoms with Crippen LogP contribution in [-0.4, -0.2) is 29.7 Å². The normalized spacial score (nSPS) is 11.3.